The van der Waals surface area contributed by atoms with Gasteiger partial charge in [0.15, 0.2) is 9.84 Å². The zero-order valence-corrected chi connectivity index (χ0v) is 18.1. The van der Waals surface area contributed by atoms with Crippen LogP contribution in [-0.4, -0.2) is 26.2 Å². The van der Waals surface area contributed by atoms with Gasteiger partial charge < -0.3 is 4.74 Å². The van der Waals surface area contributed by atoms with Gasteiger partial charge in [0, 0.05) is 6.42 Å². The smallest absolute Gasteiger partial charge is 0.338 e. The largest absolute Gasteiger partial charge is 0.458 e. The van der Waals surface area contributed by atoms with Crippen molar-refractivity contribution in [3.05, 3.63) is 114 Å². The summed E-state index contributed by atoms with van der Waals surface area (Å²) in [5.41, 5.74) is 1.67. The lowest BCUT2D eigenvalue weighted by Crippen LogP contribution is -2.19. The summed E-state index contributed by atoms with van der Waals surface area (Å²) >= 11 is 0. The molecule has 31 heavy (non-hydrogen) atoms. The first-order chi connectivity index (χ1) is 15.0. The number of carbonyl (C=O) groups excluding carboxylic acids is 1. The SMILES string of the molecule is O=C(OC(C/C=C/CS(=O)(=O)c1ccccc1)CCc1ccccc1)c1ccccc1. The molecule has 0 saturated carbocycles. The third-order valence-electron chi connectivity index (χ3n) is 4.86. The average Bonchev–Trinajstić information content (AvgIpc) is 2.82. The molecule has 0 bridgehead atoms. The molecule has 0 saturated heterocycles. The first-order valence-electron chi connectivity index (χ1n) is 10.3. The van der Waals surface area contributed by atoms with Gasteiger partial charge in [-0.25, -0.2) is 13.2 Å². The molecule has 4 nitrogen and oxygen atoms in total. The van der Waals surface area contributed by atoms with Crippen LogP contribution in [0, 0.1) is 0 Å². The van der Waals surface area contributed by atoms with Crippen molar-refractivity contribution in [2.45, 2.75) is 30.3 Å². The zero-order chi connectivity index (χ0) is 21.9. The van der Waals surface area contributed by atoms with Crippen LogP contribution in [0.2, 0.25) is 0 Å². The van der Waals surface area contributed by atoms with E-state index in [2.05, 4.69) is 0 Å². The molecular formula is C26H26O4S. The number of ether oxygens (including phenoxy) is 1. The van der Waals surface area contributed by atoms with Crippen LogP contribution in [0.25, 0.3) is 0 Å². The van der Waals surface area contributed by atoms with Crippen LogP contribution >= 0.6 is 0 Å². The molecule has 160 valence electrons. The number of aryl methyl sites for hydroxylation is 1. The maximum Gasteiger partial charge on any atom is 0.338 e. The van der Waals surface area contributed by atoms with Crippen LogP contribution in [0.4, 0.5) is 0 Å². The molecule has 0 aliphatic rings. The summed E-state index contributed by atoms with van der Waals surface area (Å²) in [5, 5.41) is 0. The molecule has 0 spiro atoms. The van der Waals surface area contributed by atoms with Crippen molar-refractivity contribution in [2.24, 2.45) is 0 Å². The van der Waals surface area contributed by atoms with E-state index in [0.29, 0.717) is 23.3 Å². The summed E-state index contributed by atoms with van der Waals surface area (Å²) in [6.07, 6.45) is 4.95. The summed E-state index contributed by atoms with van der Waals surface area (Å²) in [5.74, 6) is -0.460. The van der Waals surface area contributed by atoms with Crippen molar-refractivity contribution >= 4 is 15.8 Å². The minimum atomic E-state index is -3.37. The van der Waals surface area contributed by atoms with Gasteiger partial charge in [0.1, 0.15) is 6.10 Å². The highest BCUT2D eigenvalue weighted by molar-refractivity contribution is 7.91. The Morgan fingerprint density at radius 1 is 0.806 bits per heavy atom. The summed E-state index contributed by atoms with van der Waals surface area (Å²) in [7, 11) is -3.37. The lowest BCUT2D eigenvalue weighted by molar-refractivity contribution is 0.0289. The van der Waals surface area contributed by atoms with Crippen molar-refractivity contribution in [1.82, 2.24) is 0 Å². The van der Waals surface area contributed by atoms with Gasteiger partial charge in [-0.05, 0) is 42.7 Å². The Balaban J connectivity index is 1.62. The molecule has 0 N–H and O–H groups in total. The van der Waals surface area contributed by atoms with Gasteiger partial charge in [0.05, 0.1) is 16.2 Å². The molecular weight excluding hydrogens is 408 g/mol. The number of rotatable bonds is 10. The molecule has 0 amide bonds. The summed E-state index contributed by atoms with van der Waals surface area (Å²) < 4.78 is 30.6. The maximum atomic E-state index is 12.5. The van der Waals surface area contributed by atoms with Crippen LogP contribution in [0.15, 0.2) is 108 Å². The molecule has 5 heteroatoms. The number of carbonyl (C=O) groups is 1. The normalized spacial score (nSPS) is 12.5. The minimum absolute atomic E-state index is 0.0882. The average molecular weight is 435 g/mol. The van der Waals surface area contributed by atoms with Crippen molar-refractivity contribution in [3.8, 4) is 0 Å². The molecule has 3 aromatic carbocycles. The van der Waals surface area contributed by atoms with Crippen molar-refractivity contribution in [1.29, 1.82) is 0 Å². The Hall–Kier alpha value is -3.18. The van der Waals surface area contributed by atoms with Gasteiger partial charge in [-0.2, -0.15) is 0 Å². The van der Waals surface area contributed by atoms with E-state index in [-0.39, 0.29) is 17.8 Å². The number of esters is 1. The van der Waals surface area contributed by atoms with E-state index < -0.39 is 9.84 Å². The van der Waals surface area contributed by atoms with Crippen LogP contribution in [0.1, 0.15) is 28.8 Å². The van der Waals surface area contributed by atoms with Gasteiger partial charge in [-0.1, -0.05) is 78.9 Å². The fourth-order valence-electron chi connectivity index (χ4n) is 3.16. The Kier molecular flexibility index (Phi) is 8.19. The molecule has 1 unspecified atom stereocenters. The van der Waals surface area contributed by atoms with Gasteiger partial charge in [-0.15, -0.1) is 0 Å². The van der Waals surface area contributed by atoms with Crippen LogP contribution in [0.3, 0.4) is 0 Å². The van der Waals surface area contributed by atoms with Crippen molar-refractivity contribution in [3.63, 3.8) is 0 Å². The quantitative estimate of drug-likeness (QED) is 0.322. The lowest BCUT2D eigenvalue weighted by Gasteiger charge is -2.17. The fourth-order valence-corrected chi connectivity index (χ4v) is 4.31. The molecule has 3 aromatic rings. The minimum Gasteiger partial charge on any atom is -0.458 e. The second-order valence-corrected chi connectivity index (χ2v) is 9.25. The predicted octanol–water partition coefficient (Wildman–Crippen LogP) is 5.27. The van der Waals surface area contributed by atoms with E-state index >= 15 is 0 Å². The van der Waals surface area contributed by atoms with E-state index in [1.165, 1.54) is 5.56 Å². The highest BCUT2D eigenvalue weighted by Gasteiger charge is 2.16. The third kappa shape index (κ3) is 7.23. The predicted molar refractivity (Wildman–Crippen MR) is 123 cm³/mol. The topological polar surface area (TPSA) is 60.4 Å². The molecule has 0 aliphatic carbocycles. The number of hydrogen-bond acceptors (Lipinski definition) is 4. The van der Waals surface area contributed by atoms with Crippen LogP contribution in [-0.2, 0) is 21.0 Å². The third-order valence-corrected chi connectivity index (χ3v) is 6.49. The molecule has 0 aromatic heterocycles. The van der Waals surface area contributed by atoms with E-state index in [1.54, 1.807) is 66.7 Å². The molecule has 0 fully saturated rings. The van der Waals surface area contributed by atoms with Crippen molar-refractivity contribution < 1.29 is 17.9 Å². The van der Waals surface area contributed by atoms with Gasteiger partial charge >= 0.3 is 5.97 Å². The van der Waals surface area contributed by atoms with E-state index in [0.717, 1.165) is 6.42 Å². The van der Waals surface area contributed by atoms with Gasteiger partial charge in [0.25, 0.3) is 0 Å². The molecule has 1 atom stereocenters. The molecule has 0 aliphatic heterocycles. The second kappa shape index (κ2) is 11.3. The summed E-state index contributed by atoms with van der Waals surface area (Å²) in [6, 6.07) is 27.3. The highest BCUT2D eigenvalue weighted by Crippen LogP contribution is 2.15. The maximum absolute atomic E-state index is 12.5. The fraction of sp³-hybridized carbons (Fsp3) is 0.192. The Bertz CT molecular complexity index is 1080. The monoisotopic (exact) mass is 434 g/mol. The van der Waals surface area contributed by atoms with Gasteiger partial charge in [-0.3, -0.25) is 0 Å². The second-order valence-electron chi connectivity index (χ2n) is 7.22. The van der Waals surface area contributed by atoms with E-state index in [4.69, 9.17) is 4.74 Å². The Labute approximate surface area is 184 Å². The number of hydrogen-bond donors (Lipinski definition) is 0. The van der Waals surface area contributed by atoms with Gasteiger partial charge in [0.2, 0.25) is 0 Å². The van der Waals surface area contributed by atoms with Crippen LogP contribution < -0.4 is 0 Å². The molecule has 0 radical (unpaired) electrons. The van der Waals surface area contributed by atoms with Crippen LogP contribution in [0.5, 0.6) is 0 Å². The molecule has 0 heterocycles. The zero-order valence-electron chi connectivity index (χ0n) is 17.3. The number of benzene rings is 3. The Morgan fingerprint density at radius 2 is 1.39 bits per heavy atom. The summed E-state index contributed by atoms with van der Waals surface area (Å²) in [6.45, 7) is 0. The van der Waals surface area contributed by atoms with Crippen molar-refractivity contribution in [2.75, 3.05) is 5.75 Å². The van der Waals surface area contributed by atoms with E-state index in [1.807, 2.05) is 36.4 Å². The summed E-state index contributed by atoms with van der Waals surface area (Å²) in [4.78, 5) is 12.8. The highest BCUT2D eigenvalue weighted by atomic mass is 32.2. The van der Waals surface area contributed by atoms with E-state index in [9.17, 15) is 13.2 Å². The molecule has 3 rings (SSSR count). The first kappa shape index (κ1) is 22.5. The lowest BCUT2D eigenvalue weighted by atomic mass is 10.0. The number of sulfone groups is 1. The Morgan fingerprint density at radius 3 is 2.03 bits per heavy atom. The standard InChI is InChI=1S/C26H26O4S/c27-26(23-14-6-2-7-15-23)30-24(20-19-22-12-4-1-5-13-22)16-10-11-21-31(28,29)25-17-8-3-9-18-25/h1-15,17-18,24H,16,19-21H2/b11-10+. The first-order valence-corrected chi connectivity index (χ1v) is 11.9.